The van der Waals surface area contributed by atoms with Gasteiger partial charge in [0.2, 0.25) is 5.91 Å². The van der Waals surface area contributed by atoms with E-state index in [9.17, 15) is 9.59 Å². The maximum absolute atomic E-state index is 12.5. The Hall–Kier alpha value is -1.36. The van der Waals surface area contributed by atoms with Crippen molar-refractivity contribution in [2.75, 3.05) is 27.2 Å². The summed E-state index contributed by atoms with van der Waals surface area (Å²) < 4.78 is 0. The predicted octanol–water partition coefficient (Wildman–Crippen LogP) is 3.64. The molecule has 1 aromatic heterocycles. The van der Waals surface area contributed by atoms with E-state index >= 15 is 0 Å². The second-order valence-electron chi connectivity index (χ2n) is 7.74. The fourth-order valence-corrected chi connectivity index (χ4v) is 4.81. The van der Waals surface area contributed by atoms with Gasteiger partial charge >= 0.3 is 0 Å². The number of nitrogens with zero attached hydrogens (tertiary/aromatic N) is 2. The molecule has 0 N–H and O–H groups in total. The third-order valence-electron chi connectivity index (χ3n) is 6.01. The van der Waals surface area contributed by atoms with Gasteiger partial charge in [-0.25, -0.2) is 0 Å². The van der Waals surface area contributed by atoms with E-state index in [1.54, 1.807) is 16.2 Å². The molecule has 0 bridgehead atoms. The van der Waals surface area contributed by atoms with E-state index in [0.717, 1.165) is 44.3 Å². The molecule has 2 fully saturated rings. The van der Waals surface area contributed by atoms with Crippen LogP contribution in [0.4, 0.5) is 0 Å². The minimum Gasteiger partial charge on any atom is -0.349 e. The fraction of sp³-hybridized carbons (Fsp3) is 0.684. The molecule has 0 aromatic carbocycles. The average Bonchev–Trinajstić information content (AvgIpc) is 3.12. The van der Waals surface area contributed by atoms with Crippen molar-refractivity contribution >= 4 is 23.2 Å². The second-order valence-corrected chi connectivity index (χ2v) is 8.52. The first-order valence-electron chi connectivity index (χ1n) is 9.01. The van der Waals surface area contributed by atoms with Gasteiger partial charge in [-0.15, -0.1) is 0 Å². The number of hydrogen-bond donors (Lipinski definition) is 0. The minimum absolute atomic E-state index is 0.191. The summed E-state index contributed by atoms with van der Waals surface area (Å²) in [5.41, 5.74) is 1.25. The van der Waals surface area contributed by atoms with Crippen LogP contribution in [-0.2, 0) is 4.79 Å². The summed E-state index contributed by atoms with van der Waals surface area (Å²) in [6.45, 7) is 1.77. The monoisotopic (exact) mass is 348 g/mol. The third-order valence-corrected chi connectivity index (χ3v) is 6.69. The molecule has 132 valence electrons. The van der Waals surface area contributed by atoms with E-state index in [-0.39, 0.29) is 11.8 Å². The second kappa shape index (κ2) is 7.26. The molecule has 1 aliphatic heterocycles. The number of amides is 2. The van der Waals surface area contributed by atoms with Gasteiger partial charge in [-0.2, -0.15) is 11.3 Å². The normalized spacial score (nSPS) is 21.0. The van der Waals surface area contributed by atoms with Gasteiger partial charge in [0.1, 0.15) is 0 Å². The molecular weight excluding hydrogens is 320 g/mol. The van der Waals surface area contributed by atoms with E-state index in [4.69, 9.17) is 0 Å². The van der Waals surface area contributed by atoms with Gasteiger partial charge in [0, 0.05) is 39.0 Å². The van der Waals surface area contributed by atoms with E-state index in [1.165, 1.54) is 12.8 Å². The largest absolute Gasteiger partial charge is 0.349 e. The van der Waals surface area contributed by atoms with Crippen LogP contribution in [0.5, 0.6) is 0 Å². The van der Waals surface area contributed by atoms with Gasteiger partial charge in [0.05, 0.1) is 5.56 Å². The number of piperidine rings is 1. The number of rotatable bonds is 3. The van der Waals surface area contributed by atoms with Gasteiger partial charge in [-0.3, -0.25) is 9.59 Å². The summed E-state index contributed by atoms with van der Waals surface area (Å²) in [4.78, 5) is 28.1. The van der Waals surface area contributed by atoms with Gasteiger partial charge in [0.25, 0.3) is 5.91 Å². The third kappa shape index (κ3) is 3.82. The Bertz CT molecular complexity index is 564. The Balaban J connectivity index is 1.48. The first-order chi connectivity index (χ1) is 11.5. The van der Waals surface area contributed by atoms with Crippen LogP contribution in [0.2, 0.25) is 0 Å². The van der Waals surface area contributed by atoms with Crippen LogP contribution in [0.1, 0.15) is 55.3 Å². The zero-order valence-electron chi connectivity index (χ0n) is 14.8. The number of likely N-dealkylation sites (tertiary alicyclic amines) is 1. The van der Waals surface area contributed by atoms with Crippen LogP contribution in [0.25, 0.3) is 0 Å². The van der Waals surface area contributed by atoms with Gasteiger partial charge in [-0.05, 0) is 61.3 Å². The molecule has 0 unspecified atom stereocenters. The van der Waals surface area contributed by atoms with Crippen molar-refractivity contribution in [2.24, 2.45) is 11.3 Å². The van der Waals surface area contributed by atoms with E-state index in [2.05, 4.69) is 0 Å². The molecule has 24 heavy (non-hydrogen) atoms. The maximum Gasteiger partial charge on any atom is 0.254 e. The fourth-order valence-electron chi connectivity index (χ4n) is 4.18. The predicted molar refractivity (Wildman–Crippen MR) is 97.2 cm³/mol. The maximum atomic E-state index is 12.5. The molecule has 2 amide bonds. The van der Waals surface area contributed by atoms with Crippen molar-refractivity contribution in [3.63, 3.8) is 0 Å². The van der Waals surface area contributed by atoms with E-state index in [0.29, 0.717) is 17.8 Å². The topological polar surface area (TPSA) is 40.6 Å². The van der Waals surface area contributed by atoms with E-state index in [1.807, 2.05) is 35.8 Å². The zero-order valence-corrected chi connectivity index (χ0v) is 15.6. The van der Waals surface area contributed by atoms with Gasteiger partial charge < -0.3 is 9.80 Å². The number of thiophene rings is 1. The molecule has 5 heteroatoms. The number of hydrogen-bond acceptors (Lipinski definition) is 3. The summed E-state index contributed by atoms with van der Waals surface area (Å²) in [5.74, 6) is 1.000. The summed E-state index contributed by atoms with van der Waals surface area (Å²) in [5, 5.41) is 3.91. The number of carbonyl (C=O) groups excluding carboxylic acids is 2. The first kappa shape index (κ1) is 17.5. The molecule has 1 aliphatic carbocycles. The van der Waals surface area contributed by atoms with Crippen molar-refractivity contribution in [1.29, 1.82) is 0 Å². The molecule has 0 atom stereocenters. The molecule has 1 aromatic rings. The van der Waals surface area contributed by atoms with Crippen LogP contribution < -0.4 is 0 Å². The first-order valence-corrected chi connectivity index (χ1v) is 9.95. The molecule has 1 saturated carbocycles. The van der Waals surface area contributed by atoms with Crippen molar-refractivity contribution in [3.05, 3.63) is 22.4 Å². The number of carbonyl (C=O) groups is 2. The van der Waals surface area contributed by atoms with Crippen LogP contribution in [-0.4, -0.2) is 48.8 Å². The van der Waals surface area contributed by atoms with Crippen LogP contribution >= 0.6 is 11.3 Å². The lowest BCUT2D eigenvalue weighted by Crippen LogP contribution is -2.44. The summed E-state index contributed by atoms with van der Waals surface area (Å²) in [6.07, 6.45) is 7.72. The van der Waals surface area contributed by atoms with Gasteiger partial charge in [0.15, 0.2) is 0 Å². The Morgan fingerprint density at radius 2 is 1.88 bits per heavy atom. The SMILES string of the molecule is CN(C)C(=O)CC1CCC2(CC1)CCN(C(=O)c1ccsc1)CC2. The zero-order chi connectivity index (χ0) is 17.2. The van der Waals surface area contributed by atoms with Crippen molar-refractivity contribution in [3.8, 4) is 0 Å². The molecule has 2 heterocycles. The smallest absolute Gasteiger partial charge is 0.254 e. The van der Waals surface area contributed by atoms with Crippen molar-refractivity contribution < 1.29 is 9.59 Å². The Labute approximate surface area is 148 Å². The lowest BCUT2D eigenvalue weighted by molar-refractivity contribution is -0.130. The highest BCUT2D eigenvalue weighted by molar-refractivity contribution is 7.08. The highest BCUT2D eigenvalue weighted by Crippen LogP contribution is 2.47. The highest BCUT2D eigenvalue weighted by Gasteiger charge is 2.39. The van der Waals surface area contributed by atoms with Gasteiger partial charge in [-0.1, -0.05) is 0 Å². The van der Waals surface area contributed by atoms with Crippen LogP contribution in [0.15, 0.2) is 16.8 Å². The summed E-state index contributed by atoms with van der Waals surface area (Å²) >= 11 is 1.58. The summed E-state index contributed by atoms with van der Waals surface area (Å²) in [6, 6.07) is 1.92. The quantitative estimate of drug-likeness (QED) is 0.837. The molecular formula is C19H28N2O2S. The Morgan fingerprint density at radius 1 is 1.21 bits per heavy atom. The molecule has 1 spiro atoms. The van der Waals surface area contributed by atoms with Crippen molar-refractivity contribution in [2.45, 2.75) is 44.9 Å². The molecule has 2 aliphatic rings. The van der Waals surface area contributed by atoms with E-state index < -0.39 is 0 Å². The standard InChI is InChI=1S/C19H28N2O2S/c1-20(2)17(22)13-15-3-6-19(7-4-15)8-10-21(11-9-19)18(23)16-5-12-24-14-16/h5,12,14-15H,3-4,6-11,13H2,1-2H3. The Kier molecular flexibility index (Phi) is 5.28. The van der Waals surface area contributed by atoms with Crippen LogP contribution in [0, 0.1) is 11.3 Å². The van der Waals surface area contributed by atoms with Crippen molar-refractivity contribution in [1.82, 2.24) is 9.80 Å². The lowest BCUT2D eigenvalue weighted by atomic mass is 9.65. The summed E-state index contributed by atoms with van der Waals surface area (Å²) in [7, 11) is 3.68. The minimum atomic E-state index is 0.191. The highest BCUT2D eigenvalue weighted by atomic mass is 32.1. The molecule has 3 rings (SSSR count). The molecule has 1 saturated heterocycles. The molecule has 0 radical (unpaired) electrons. The molecule has 4 nitrogen and oxygen atoms in total. The average molecular weight is 349 g/mol. The van der Waals surface area contributed by atoms with Crippen LogP contribution in [0.3, 0.4) is 0 Å². The lowest BCUT2D eigenvalue weighted by Gasteiger charge is -2.46. The Morgan fingerprint density at radius 3 is 2.42 bits per heavy atom.